The minimum atomic E-state index is -4.60. The van der Waals surface area contributed by atoms with Crippen LogP contribution >= 0.6 is 0 Å². The highest BCUT2D eigenvalue weighted by atomic mass is 19.4. The minimum Gasteiger partial charge on any atom is -0.463 e. The first-order valence-corrected chi connectivity index (χ1v) is 6.32. The molecule has 2 unspecified atom stereocenters. The Labute approximate surface area is 114 Å². The summed E-state index contributed by atoms with van der Waals surface area (Å²) in [6.45, 7) is 1.46. The lowest BCUT2D eigenvalue weighted by Gasteiger charge is -2.16. The first-order chi connectivity index (χ1) is 9.29. The van der Waals surface area contributed by atoms with Crippen LogP contribution in [0.5, 0.6) is 0 Å². The van der Waals surface area contributed by atoms with Gasteiger partial charge in [-0.25, -0.2) is 0 Å². The molecule has 0 amide bonds. The van der Waals surface area contributed by atoms with Gasteiger partial charge in [-0.2, -0.15) is 13.2 Å². The van der Waals surface area contributed by atoms with Gasteiger partial charge in [0.05, 0.1) is 18.9 Å². The number of carbonyl (C=O) groups is 2. The zero-order chi connectivity index (χ0) is 15.2. The van der Waals surface area contributed by atoms with Crippen molar-refractivity contribution in [2.75, 3.05) is 13.2 Å². The summed E-state index contributed by atoms with van der Waals surface area (Å²) in [7, 11) is 0. The second-order valence-electron chi connectivity index (χ2n) is 4.49. The maximum Gasteiger partial charge on any atom is 0.425 e. The Bertz CT molecular complexity index is 336. The van der Waals surface area contributed by atoms with Crippen LogP contribution in [0.1, 0.15) is 32.6 Å². The molecular weight excluding hydrogens is 281 g/mol. The van der Waals surface area contributed by atoms with Crippen molar-refractivity contribution in [2.45, 2.75) is 51.0 Å². The average Bonchev–Trinajstić information content (AvgIpc) is 2.85. The lowest BCUT2D eigenvalue weighted by Crippen LogP contribution is -2.31. The second-order valence-corrected chi connectivity index (χ2v) is 4.49. The van der Waals surface area contributed by atoms with Gasteiger partial charge in [-0.15, -0.1) is 0 Å². The fourth-order valence-corrected chi connectivity index (χ4v) is 1.56. The summed E-state index contributed by atoms with van der Waals surface area (Å²) in [6.07, 6.45) is -5.95. The summed E-state index contributed by atoms with van der Waals surface area (Å²) < 4.78 is 50.6. The van der Waals surface area contributed by atoms with Crippen molar-refractivity contribution in [1.82, 2.24) is 0 Å². The minimum absolute atomic E-state index is 0.104. The Kier molecular flexibility index (Phi) is 6.25. The predicted octanol–water partition coefficient (Wildman–Crippen LogP) is 1.98. The lowest BCUT2D eigenvalue weighted by molar-refractivity contribution is -0.216. The van der Waals surface area contributed by atoms with Crippen LogP contribution in [-0.2, 0) is 23.8 Å². The summed E-state index contributed by atoms with van der Waals surface area (Å²) in [5, 5.41) is 0. The molecule has 0 aromatic carbocycles. The van der Waals surface area contributed by atoms with Crippen LogP contribution in [0, 0.1) is 0 Å². The highest BCUT2D eigenvalue weighted by molar-refractivity contribution is 5.77. The quantitative estimate of drug-likeness (QED) is 0.702. The zero-order valence-corrected chi connectivity index (χ0v) is 11.1. The summed E-state index contributed by atoms with van der Waals surface area (Å²) in [5.74, 6) is -1.74. The number of alkyl halides is 3. The standard InChI is InChI=1S/C12H17F3O5/c1-8(12(13,14)15)20-11(17)5-4-10(16)19-7-9-3-2-6-18-9/h8-9H,2-7H2,1H3. The molecule has 0 N–H and O–H groups in total. The van der Waals surface area contributed by atoms with Crippen LogP contribution in [0.15, 0.2) is 0 Å². The van der Waals surface area contributed by atoms with E-state index < -0.39 is 30.6 Å². The van der Waals surface area contributed by atoms with E-state index in [1.165, 1.54) is 0 Å². The molecule has 0 saturated carbocycles. The smallest absolute Gasteiger partial charge is 0.425 e. The average molecular weight is 298 g/mol. The third-order valence-corrected chi connectivity index (χ3v) is 2.76. The molecule has 0 bridgehead atoms. The van der Waals surface area contributed by atoms with Gasteiger partial charge in [0.15, 0.2) is 6.10 Å². The van der Waals surface area contributed by atoms with Crippen molar-refractivity contribution in [1.29, 1.82) is 0 Å². The number of halogens is 3. The van der Waals surface area contributed by atoms with Gasteiger partial charge in [0.1, 0.15) is 6.61 Å². The van der Waals surface area contributed by atoms with Crippen LogP contribution in [0.4, 0.5) is 13.2 Å². The van der Waals surface area contributed by atoms with Gasteiger partial charge in [-0.1, -0.05) is 0 Å². The zero-order valence-electron chi connectivity index (χ0n) is 11.1. The number of esters is 2. The topological polar surface area (TPSA) is 61.8 Å². The van der Waals surface area contributed by atoms with Crippen LogP contribution in [0.2, 0.25) is 0 Å². The summed E-state index contributed by atoms with van der Waals surface area (Å²) in [5.41, 5.74) is 0. The van der Waals surface area contributed by atoms with Gasteiger partial charge in [-0.05, 0) is 19.8 Å². The van der Waals surface area contributed by atoms with Crippen LogP contribution < -0.4 is 0 Å². The Morgan fingerprint density at radius 3 is 2.50 bits per heavy atom. The second kappa shape index (κ2) is 7.47. The van der Waals surface area contributed by atoms with Crippen molar-refractivity contribution >= 4 is 11.9 Å². The van der Waals surface area contributed by atoms with Gasteiger partial charge in [0.25, 0.3) is 0 Å². The molecule has 116 valence electrons. The van der Waals surface area contributed by atoms with E-state index in [9.17, 15) is 22.8 Å². The Morgan fingerprint density at radius 2 is 1.95 bits per heavy atom. The molecule has 5 nitrogen and oxygen atoms in total. The SMILES string of the molecule is CC(OC(=O)CCC(=O)OCC1CCCO1)C(F)(F)F. The first kappa shape index (κ1) is 16.7. The molecule has 20 heavy (non-hydrogen) atoms. The van der Waals surface area contributed by atoms with Gasteiger partial charge in [0, 0.05) is 6.61 Å². The van der Waals surface area contributed by atoms with Crippen LogP contribution in [0.3, 0.4) is 0 Å². The van der Waals surface area contributed by atoms with E-state index in [4.69, 9.17) is 9.47 Å². The van der Waals surface area contributed by atoms with Crippen molar-refractivity contribution in [3.8, 4) is 0 Å². The highest BCUT2D eigenvalue weighted by Gasteiger charge is 2.39. The van der Waals surface area contributed by atoms with E-state index in [-0.39, 0.29) is 19.1 Å². The van der Waals surface area contributed by atoms with Gasteiger partial charge >= 0.3 is 18.1 Å². The summed E-state index contributed by atoms with van der Waals surface area (Å²) in [6, 6.07) is 0. The Balaban J connectivity index is 2.15. The number of carbonyl (C=O) groups excluding carboxylic acids is 2. The van der Waals surface area contributed by atoms with Crippen molar-refractivity contribution in [2.24, 2.45) is 0 Å². The molecule has 1 heterocycles. The van der Waals surface area contributed by atoms with Crippen molar-refractivity contribution < 1.29 is 37.0 Å². The molecule has 1 aliphatic heterocycles. The van der Waals surface area contributed by atoms with Gasteiger partial charge in [-0.3, -0.25) is 9.59 Å². The van der Waals surface area contributed by atoms with Crippen LogP contribution in [-0.4, -0.2) is 43.5 Å². The summed E-state index contributed by atoms with van der Waals surface area (Å²) in [4.78, 5) is 22.4. The third-order valence-electron chi connectivity index (χ3n) is 2.76. The van der Waals surface area contributed by atoms with E-state index in [2.05, 4.69) is 4.74 Å². The molecule has 0 radical (unpaired) electrons. The number of rotatable bonds is 6. The summed E-state index contributed by atoms with van der Waals surface area (Å²) >= 11 is 0. The van der Waals surface area contributed by atoms with E-state index in [1.807, 2.05) is 0 Å². The van der Waals surface area contributed by atoms with Crippen molar-refractivity contribution in [3.05, 3.63) is 0 Å². The van der Waals surface area contributed by atoms with Crippen LogP contribution in [0.25, 0.3) is 0 Å². The molecule has 8 heteroatoms. The Morgan fingerprint density at radius 1 is 1.30 bits per heavy atom. The molecule has 0 aromatic rings. The highest BCUT2D eigenvalue weighted by Crippen LogP contribution is 2.22. The fraction of sp³-hybridized carbons (Fsp3) is 0.833. The molecule has 1 aliphatic rings. The molecule has 1 rings (SSSR count). The van der Waals surface area contributed by atoms with E-state index >= 15 is 0 Å². The molecule has 1 saturated heterocycles. The number of hydrogen-bond acceptors (Lipinski definition) is 5. The monoisotopic (exact) mass is 298 g/mol. The van der Waals surface area contributed by atoms with E-state index in [0.717, 1.165) is 19.8 Å². The molecular formula is C12H17F3O5. The fourth-order valence-electron chi connectivity index (χ4n) is 1.56. The van der Waals surface area contributed by atoms with Crippen molar-refractivity contribution in [3.63, 3.8) is 0 Å². The lowest BCUT2D eigenvalue weighted by atomic mass is 10.2. The van der Waals surface area contributed by atoms with Gasteiger partial charge in [0.2, 0.25) is 0 Å². The van der Waals surface area contributed by atoms with Gasteiger partial charge < -0.3 is 14.2 Å². The molecule has 0 aromatic heterocycles. The largest absolute Gasteiger partial charge is 0.463 e. The van der Waals surface area contributed by atoms with E-state index in [1.54, 1.807) is 0 Å². The maximum absolute atomic E-state index is 12.1. The molecule has 0 spiro atoms. The molecule has 0 aliphatic carbocycles. The maximum atomic E-state index is 12.1. The van der Waals surface area contributed by atoms with E-state index in [0.29, 0.717) is 6.61 Å². The third kappa shape index (κ3) is 6.23. The normalized spacial score (nSPS) is 20.5. The number of ether oxygens (including phenoxy) is 3. The molecule has 2 atom stereocenters. The predicted molar refractivity (Wildman–Crippen MR) is 60.8 cm³/mol. The Hall–Kier alpha value is -1.31. The first-order valence-electron chi connectivity index (χ1n) is 6.32. The molecule has 1 fully saturated rings. The number of hydrogen-bond donors (Lipinski definition) is 0.